The first-order valence-electron chi connectivity index (χ1n) is 6.75. The maximum Gasteiger partial charge on any atom is 0.331 e. The fraction of sp³-hybridized carbons (Fsp3) is 0.188. The van der Waals surface area contributed by atoms with Crippen molar-refractivity contribution in [2.24, 2.45) is 14.1 Å². The van der Waals surface area contributed by atoms with E-state index < -0.39 is 23.0 Å². The number of halogens is 1. The number of aryl methyl sites for hydroxylation is 1. The van der Waals surface area contributed by atoms with Gasteiger partial charge in [0, 0.05) is 31.9 Å². The summed E-state index contributed by atoms with van der Waals surface area (Å²) in [5, 5.41) is 0. The lowest BCUT2D eigenvalue weighted by Crippen LogP contribution is -2.37. The first kappa shape index (κ1) is 16.4. The maximum absolute atomic E-state index is 13.4. The predicted molar refractivity (Wildman–Crippen MR) is 82.2 cm³/mol. The van der Waals surface area contributed by atoms with E-state index in [9.17, 15) is 18.8 Å². The summed E-state index contributed by atoms with van der Waals surface area (Å²) < 4.78 is 20.5. The monoisotopic (exact) mass is 318 g/mol. The molecule has 0 fully saturated rings. The quantitative estimate of drug-likeness (QED) is 0.622. The molecule has 2 rings (SSSR count). The lowest BCUT2D eigenvalue weighted by molar-refractivity contribution is -0.138. The Morgan fingerprint density at radius 2 is 1.96 bits per heavy atom. The number of carbonyl (C=O) groups excluding carboxylic acids is 1. The van der Waals surface area contributed by atoms with Crippen LogP contribution in [0, 0.1) is 5.82 Å². The molecule has 0 N–H and O–H groups in total. The Kier molecular flexibility index (Phi) is 4.90. The van der Waals surface area contributed by atoms with E-state index in [1.165, 1.54) is 49.1 Å². The number of benzene rings is 1. The Morgan fingerprint density at radius 3 is 2.65 bits per heavy atom. The molecular formula is C16H15FN2O4. The van der Waals surface area contributed by atoms with Crippen LogP contribution in [0.3, 0.4) is 0 Å². The van der Waals surface area contributed by atoms with Gasteiger partial charge in [0.15, 0.2) is 0 Å². The number of nitrogens with zero attached hydrogens (tertiary/aromatic N) is 2. The van der Waals surface area contributed by atoms with Gasteiger partial charge in [-0.05, 0) is 12.1 Å². The number of ether oxygens (including phenoxy) is 1. The topological polar surface area (TPSA) is 70.3 Å². The van der Waals surface area contributed by atoms with E-state index in [1.54, 1.807) is 6.07 Å². The minimum Gasteiger partial charge on any atom is -0.458 e. The van der Waals surface area contributed by atoms with Crippen LogP contribution in [-0.4, -0.2) is 15.1 Å². The highest BCUT2D eigenvalue weighted by Gasteiger charge is 2.06. The van der Waals surface area contributed by atoms with Gasteiger partial charge in [0.25, 0.3) is 5.56 Å². The van der Waals surface area contributed by atoms with Gasteiger partial charge in [-0.3, -0.25) is 9.36 Å². The summed E-state index contributed by atoms with van der Waals surface area (Å²) in [5.74, 6) is -1.18. The molecule has 0 amide bonds. The summed E-state index contributed by atoms with van der Waals surface area (Å²) in [5.41, 5.74) is -0.565. The zero-order chi connectivity index (χ0) is 17.0. The third-order valence-electron chi connectivity index (χ3n) is 3.20. The van der Waals surface area contributed by atoms with Crippen LogP contribution in [0.5, 0.6) is 0 Å². The number of hydrogen-bond acceptors (Lipinski definition) is 4. The molecule has 0 bridgehead atoms. The average Bonchev–Trinajstić information content (AvgIpc) is 2.54. The molecule has 120 valence electrons. The number of rotatable bonds is 4. The standard InChI is InChI=1S/C16H15FN2O4/c1-18-9-11(15(21)19(2)16(18)22)7-8-14(20)23-10-12-5-3-4-6-13(12)17/h3-9H,10H2,1-2H3/b8-7+. The first-order valence-corrected chi connectivity index (χ1v) is 6.75. The summed E-state index contributed by atoms with van der Waals surface area (Å²) in [6.45, 7) is -0.207. The van der Waals surface area contributed by atoms with Gasteiger partial charge in [-0.1, -0.05) is 18.2 Å². The summed E-state index contributed by atoms with van der Waals surface area (Å²) in [6, 6.07) is 5.95. The van der Waals surface area contributed by atoms with Gasteiger partial charge in [-0.25, -0.2) is 14.0 Å². The Hall–Kier alpha value is -2.96. The van der Waals surface area contributed by atoms with Crippen molar-refractivity contribution in [2.75, 3.05) is 0 Å². The van der Waals surface area contributed by atoms with E-state index in [0.717, 1.165) is 10.6 Å². The van der Waals surface area contributed by atoms with E-state index in [2.05, 4.69) is 0 Å². The van der Waals surface area contributed by atoms with E-state index in [-0.39, 0.29) is 17.7 Å². The zero-order valence-electron chi connectivity index (χ0n) is 12.7. The average molecular weight is 318 g/mol. The zero-order valence-corrected chi connectivity index (χ0v) is 12.7. The second-order valence-corrected chi connectivity index (χ2v) is 4.87. The summed E-state index contributed by atoms with van der Waals surface area (Å²) in [4.78, 5) is 35.1. The predicted octanol–water partition coefficient (Wildman–Crippen LogP) is 0.980. The lowest BCUT2D eigenvalue weighted by Gasteiger charge is -2.04. The Balaban J connectivity index is 2.09. The first-order chi connectivity index (χ1) is 10.9. The lowest BCUT2D eigenvalue weighted by atomic mass is 10.2. The molecular weight excluding hydrogens is 303 g/mol. The van der Waals surface area contributed by atoms with Gasteiger partial charge in [0.1, 0.15) is 12.4 Å². The molecule has 0 aliphatic carbocycles. The minimum absolute atomic E-state index is 0.164. The fourth-order valence-corrected chi connectivity index (χ4v) is 1.92. The molecule has 7 heteroatoms. The highest BCUT2D eigenvalue weighted by Crippen LogP contribution is 2.07. The normalized spacial score (nSPS) is 10.9. The van der Waals surface area contributed by atoms with Gasteiger partial charge < -0.3 is 9.30 Å². The molecule has 0 radical (unpaired) electrons. The fourth-order valence-electron chi connectivity index (χ4n) is 1.92. The van der Waals surface area contributed by atoms with Crippen molar-refractivity contribution in [3.05, 3.63) is 74.3 Å². The van der Waals surface area contributed by atoms with Crippen LogP contribution in [0.2, 0.25) is 0 Å². The second kappa shape index (κ2) is 6.87. The number of hydrogen-bond donors (Lipinski definition) is 0. The second-order valence-electron chi connectivity index (χ2n) is 4.87. The van der Waals surface area contributed by atoms with E-state index >= 15 is 0 Å². The van der Waals surface area contributed by atoms with Gasteiger partial charge in [0.2, 0.25) is 0 Å². The molecule has 1 aromatic heterocycles. The molecule has 6 nitrogen and oxygen atoms in total. The molecule has 0 aliphatic rings. The molecule has 0 saturated carbocycles. The Bertz CT molecular complexity index is 880. The summed E-state index contributed by atoms with van der Waals surface area (Å²) in [6.07, 6.45) is 3.64. The van der Waals surface area contributed by atoms with Crippen LogP contribution in [0.1, 0.15) is 11.1 Å². The SMILES string of the molecule is Cn1cc(/C=C/C(=O)OCc2ccccc2F)c(=O)n(C)c1=O. The Labute approximate surface area is 131 Å². The van der Waals surface area contributed by atoms with Gasteiger partial charge in [-0.2, -0.15) is 0 Å². The third-order valence-corrected chi connectivity index (χ3v) is 3.20. The van der Waals surface area contributed by atoms with Crippen molar-refractivity contribution < 1.29 is 13.9 Å². The number of esters is 1. The third kappa shape index (κ3) is 3.82. The molecule has 1 heterocycles. The van der Waals surface area contributed by atoms with Gasteiger partial charge >= 0.3 is 11.7 Å². The van der Waals surface area contributed by atoms with Gasteiger partial charge in [-0.15, -0.1) is 0 Å². The van der Waals surface area contributed by atoms with Crippen molar-refractivity contribution in [3.63, 3.8) is 0 Å². The van der Waals surface area contributed by atoms with Crippen molar-refractivity contribution >= 4 is 12.0 Å². The highest BCUT2D eigenvalue weighted by molar-refractivity contribution is 5.86. The van der Waals surface area contributed by atoms with E-state index in [4.69, 9.17) is 4.74 Å². The van der Waals surface area contributed by atoms with Crippen LogP contribution in [0.4, 0.5) is 4.39 Å². The van der Waals surface area contributed by atoms with Crippen LogP contribution in [0.25, 0.3) is 6.08 Å². The summed E-state index contributed by atoms with van der Waals surface area (Å²) >= 11 is 0. The van der Waals surface area contributed by atoms with Gasteiger partial charge in [0.05, 0.1) is 5.56 Å². The van der Waals surface area contributed by atoms with Crippen molar-refractivity contribution in [2.45, 2.75) is 6.61 Å². The smallest absolute Gasteiger partial charge is 0.331 e. The largest absolute Gasteiger partial charge is 0.458 e. The van der Waals surface area contributed by atoms with Crippen molar-refractivity contribution in [1.82, 2.24) is 9.13 Å². The molecule has 2 aromatic rings. The summed E-state index contributed by atoms with van der Waals surface area (Å²) in [7, 11) is 2.84. The van der Waals surface area contributed by atoms with Crippen LogP contribution in [0.15, 0.2) is 46.1 Å². The highest BCUT2D eigenvalue weighted by atomic mass is 19.1. The minimum atomic E-state index is -0.718. The Morgan fingerprint density at radius 1 is 1.26 bits per heavy atom. The van der Waals surface area contributed by atoms with E-state index in [1.807, 2.05) is 0 Å². The molecule has 23 heavy (non-hydrogen) atoms. The molecule has 0 saturated heterocycles. The molecule has 0 aliphatic heterocycles. The van der Waals surface area contributed by atoms with Crippen LogP contribution >= 0.6 is 0 Å². The van der Waals surface area contributed by atoms with Crippen molar-refractivity contribution in [1.29, 1.82) is 0 Å². The maximum atomic E-state index is 13.4. The molecule has 0 atom stereocenters. The van der Waals surface area contributed by atoms with Crippen LogP contribution < -0.4 is 11.2 Å². The molecule has 0 unspecified atom stereocenters. The molecule has 0 spiro atoms. The van der Waals surface area contributed by atoms with Crippen LogP contribution in [-0.2, 0) is 30.2 Å². The molecule has 1 aromatic carbocycles. The number of aromatic nitrogens is 2. The number of carbonyl (C=O) groups is 1. The van der Waals surface area contributed by atoms with Crippen molar-refractivity contribution in [3.8, 4) is 0 Å². The van der Waals surface area contributed by atoms with E-state index in [0.29, 0.717) is 0 Å².